The number of hydrogen-bond acceptors (Lipinski definition) is 1. The molecule has 204 valence electrons. The number of benzene rings is 2. The second-order valence-corrected chi connectivity index (χ2v) is 11.3. The van der Waals surface area contributed by atoms with E-state index in [-0.39, 0.29) is 30.1 Å². The zero-order chi connectivity index (χ0) is 26.4. The molecule has 2 aromatic carbocycles. The Hall–Kier alpha value is -2.04. The van der Waals surface area contributed by atoms with Gasteiger partial charge in [-0.3, -0.25) is 0 Å². The van der Waals surface area contributed by atoms with Crippen LogP contribution in [0.25, 0.3) is 0 Å². The minimum atomic E-state index is -0.935. The molecule has 1 nitrogen and oxygen atoms in total. The maximum Gasteiger partial charge on any atom is 0.200 e. The third kappa shape index (κ3) is 6.70. The van der Waals surface area contributed by atoms with Crippen LogP contribution in [-0.4, -0.2) is 6.61 Å². The molecule has 0 atom stereocenters. The molecule has 2 aromatic rings. The molecule has 0 spiro atoms. The average Bonchev–Trinajstić information content (AvgIpc) is 2.91. The van der Waals surface area contributed by atoms with Crippen molar-refractivity contribution in [3.8, 4) is 5.75 Å². The summed E-state index contributed by atoms with van der Waals surface area (Å²) in [6.07, 6.45) is 12.6. The van der Waals surface area contributed by atoms with Gasteiger partial charge < -0.3 is 4.74 Å². The fraction of sp³-hybridized carbons (Fsp3) is 0.625. The number of hydrogen-bond donors (Lipinski definition) is 0. The Bertz CT molecular complexity index is 1020. The molecule has 0 amide bonds. The number of ether oxygens (including phenoxy) is 1. The van der Waals surface area contributed by atoms with Crippen molar-refractivity contribution < 1.29 is 22.3 Å². The van der Waals surface area contributed by atoms with Gasteiger partial charge >= 0.3 is 0 Å². The van der Waals surface area contributed by atoms with E-state index in [9.17, 15) is 8.78 Å². The summed E-state index contributed by atoms with van der Waals surface area (Å²) in [7, 11) is 0. The van der Waals surface area contributed by atoms with Gasteiger partial charge in [-0.05, 0) is 111 Å². The van der Waals surface area contributed by atoms with E-state index in [1.165, 1.54) is 31.7 Å². The van der Waals surface area contributed by atoms with Crippen LogP contribution in [0.3, 0.4) is 0 Å². The van der Waals surface area contributed by atoms with Crippen LogP contribution < -0.4 is 4.74 Å². The van der Waals surface area contributed by atoms with Gasteiger partial charge in [-0.1, -0.05) is 50.8 Å². The van der Waals surface area contributed by atoms with Gasteiger partial charge in [0, 0.05) is 0 Å². The van der Waals surface area contributed by atoms with Gasteiger partial charge in [0.15, 0.2) is 23.2 Å². The first-order valence-electron chi connectivity index (χ1n) is 14.5. The minimum Gasteiger partial charge on any atom is -0.491 e. The monoisotopic (exact) mass is 518 g/mol. The molecule has 2 saturated carbocycles. The predicted molar refractivity (Wildman–Crippen MR) is 141 cm³/mol. The van der Waals surface area contributed by atoms with E-state index in [0.717, 1.165) is 57.3 Å². The smallest absolute Gasteiger partial charge is 0.200 e. The van der Waals surface area contributed by atoms with Crippen molar-refractivity contribution in [1.82, 2.24) is 0 Å². The van der Waals surface area contributed by atoms with Gasteiger partial charge in [-0.15, -0.1) is 0 Å². The summed E-state index contributed by atoms with van der Waals surface area (Å²) in [5.74, 6) is -2.15. The molecule has 2 aliphatic carbocycles. The Kier molecular flexibility index (Phi) is 9.95. The third-order valence-corrected chi connectivity index (χ3v) is 8.87. The molecular formula is C32H42F4O. The van der Waals surface area contributed by atoms with Crippen LogP contribution in [0.15, 0.2) is 24.3 Å². The van der Waals surface area contributed by atoms with E-state index < -0.39 is 23.3 Å². The van der Waals surface area contributed by atoms with Crippen LogP contribution >= 0.6 is 0 Å². The quantitative estimate of drug-likeness (QED) is 0.225. The molecule has 0 radical (unpaired) electrons. The molecular weight excluding hydrogens is 476 g/mol. The van der Waals surface area contributed by atoms with E-state index >= 15 is 8.78 Å². The molecule has 37 heavy (non-hydrogen) atoms. The van der Waals surface area contributed by atoms with Crippen LogP contribution in [-0.2, 0) is 6.42 Å². The van der Waals surface area contributed by atoms with Gasteiger partial charge in [0.1, 0.15) is 0 Å². The fourth-order valence-corrected chi connectivity index (χ4v) is 6.64. The lowest BCUT2D eigenvalue weighted by Crippen LogP contribution is -2.18. The lowest BCUT2D eigenvalue weighted by atomic mass is 9.74. The van der Waals surface area contributed by atoms with Crippen molar-refractivity contribution in [2.75, 3.05) is 6.61 Å². The van der Waals surface area contributed by atoms with Gasteiger partial charge in [-0.2, -0.15) is 4.39 Å². The van der Waals surface area contributed by atoms with Crippen molar-refractivity contribution in [1.29, 1.82) is 0 Å². The van der Waals surface area contributed by atoms with Gasteiger partial charge in [-0.25, -0.2) is 13.2 Å². The van der Waals surface area contributed by atoms with Crippen molar-refractivity contribution in [2.45, 2.75) is 109 Å². The molecule has 0 bridgehead atoms. The van der Waals surface area contributed by atoms with E-state index in [1.807, 2.05) is 12.1 Å². The first-order chi connectivity index (χ1) is 17.9. The molecule has 4 rings (SSSR count). The fourth-order valence-electron chi connectivity index (χ4n) is 6.64. The maximum absolute atomic E-state index is 15.2. The minimum absolute atomic E-state index is 0.0315. The van der Waals surface area contributed by atoms with Crippen molar-refractivity contribution in [2.24, 2.45) is 11.8 Å². The Morgan fingerprint density at radius 3 is 1.76 bits per heavy atom. The molecule has 5 heteroatoms. The Morgan fingerprint density at radius 2 is 1.22 bits per heavy atom. The van der Waals surface area contributed by atoms with Crippen LogP contribution in [0, 0.1) is 35.1 Å². The van der Waals surface area contributed by atoms with Gasteiger partial charge in [0.05, 0.1) is 6.61 Å². The van der Waals surface area contributed by atoms with E-state index in [0.29, 0.717) is 23.1 Å². The number of unbranched alkanes of at least 4 members (excludes halogenated alkanes) is 2. The average molecular weight is 519 g/mol. The Labute approximate surface area is 220 Å². The van der Waals surface area contributed by atoms with E-state index in [4.69, 9.17) is 4.74 Å². The highest BCUT2D eigenvalue weighted by Gasteiger charge is 2.30. The molecule has 0 saturated heterocycles. The van der Waals surface area contributed by atoms with Crippen molar-refractivity contribution in [3.63, 3.8) is 0 Å². The first kappa shape index (κ1) is 28.0. The lowest BCUT2D eigenvalue weighted by molar-refractivity contribution is 0.295. The SMILES string of the molecule is CCCCCC1CCC(c2ccc(C3CCC(Cc4ccc(OCC)c(F)c4F)CC3)c(F)c2F)CC1. The summed E-state index contributed by atoms with van der Waals surface area (Å²) in [4.78, 5) is 0. The number of halogens is 4. The highest BCUT2D eigenvalue weighted by Crippen LogP contribution is 2.43. The first-order valence-corrected chi connectivity index (χ1v) is 14.5. The summed E-state index contributed by atoms with van der Waals surface area (Å²) >= 11 is 0. The summed E-state index contributed by atoms with van der Waals surface area (Å²) in [5, 5.41) is 0. The van der Waals surface area contributed by atoms with Crippen molar-refractivity contribution >= 4 is 0 Å². The highest BCUT2D eigenvalue weighted by molar-refractivity contribution is 5.33. The number of rotatable bonds is 10. The molecule has 0 unspecified atom stereocenters. The van der Waals surface area contributed by atoms with Crippen LogP contribution in [0.2, 0.25) is 0 Å². The Morgan fingerprint density at radius 1 is 0.649 bits per heavy atom. The normalized spacial score (nSPS) is 24.3. The van der Waals surface area contributed by atoms with E-state index in [1.54, 1.807) is 13.0 Å². The van der Waals surface area contributed by atoms with Gasteiger partial charge in [0.25, 0.3) is 0 Å². The summed E-state index contributed by atoms with van der Waals surface area (Å²) in [6, 6.07) is 6.73. The zero-order valence-electron chi connectivity index (χ0n) is 22.4. The molecule has 0 aromatic heterocycles. The topological polar surface area (TPSA) is 9.23 Å². The maximum atomic E-state index is 15.2. The van der Waals surface area contributed by atoms with Crippen LogP contribution in [0.5, 0.6) is 5.75 Å². The van der Waals surface area contributed by atoms with Gasteiger partial charge in [0.2, 0.25) is 5.82 Å². The molecule has 2 aliphatic rings. The standard InChI is InChI=1S/C32H42F4O/c1-3-5-6-7-21-8-12-23(13-9-21)26-17-18-27(31(35)30(26)34)24-14-10-22(11-15-24)20-25-16-19-28(37-4-2)32(36)29(25)33/h16-19,21-24H,3-15,20H2,1-2H3. The summed E-state index contributed by atoms with van der Waals surface area (Å²) in [5.41, 5.74) is 1.38. The largest absolute Gasteiger partial charge is 0.491 e. The summed E-state index contributed by atoms with van der Waals surface area (Å²) in [6.45, 7) is 4.22. The zero-order valence-corrected chi connectivity index (χ0v) is 22.4. The second-order valence-electron chi connectivity index (χ2n) is 11.3. The third-order valence-electron chi connectivity index (χ3n) is 8.87. The van der Waals surface area contributed by atoms with Crippen LogP contribution in [0.1, 0.15) is 119 Å². The van der Waals surface area contributed by atoms with Crippen LogP contribution in [0.4, 0.5) is 17.6 Å². The van der Waals surface area contributed by atoms with Crippen molar-refractivity contribution in [3.05, 3.63) is 64.2 Å². The highest BCUT2D eigenvalue weighted by atomic mass is 19.2. The molecule has 2 fully saturated rings. The molecule has 0 heterocycles. The lowest BCUT2D eigenvalue weighted by Gasteiger charge is -2.31. The molecule has 0 N–H and O–H groups in total. The summed E-state index contributed by atoms with van der Waals surface area (Å²) < 4.78 is 64.4. The molecule has 0 aliphatic heterocycles. The van der Waals surface area contributed by atoms with E-state index in [2.05, 4.69) is 6.92 Å². The second kappa shape index (κ2) is 13.2. The predicted octanol–water partition coefficient (Wildman–Crippen LogP) is 10.0. The Balaban J connectivity index is 1.33.